The van der Waals surface area contributed by atoms with Crippen LogP contribution in [-0.4, -0.2) is 4.98 Å². The molecule has 0 saturated heterocycles. The summed E-state index contributed by atoms with van der Waals surface area (Å²) in [5.74, 6) is -1.28. The summed E-state index contributed by atoms with van der Waals surface area (Å²) >= 11 is 0. The first-order valence-corrected chi connectivity index (χ1v) is 4.46. The second kappa shape index (κ2) is 5.28. The van der Waals surface area contributed by atoms with Crippen molar-refractivity contribution in [2.45, 2.75) is 6.92 Å². The molecule has 0 amide bonds. The van der Waals surface area contributed by atoms with E-state index in [-0.39, 0.29) is 25.7 Å². The van der Waals surface area contributed by atoms with Crippen molar-refractivity contribution in [3.05, 3.63) is 53.7 Å². The molecule has 0 saturated carbocycles. The second-order valence-electron chi connectivity index (χ2n) is 3.26. The molecule has 2 rings (SSSR count). The molecule has 16 heavy (non-hydrogen) atoms. The molecule has 1 radical (unpaired) electrons. The minimum Gasteiger partial charge on any atom is -0.304 e. The summed E-state index contributed by atoms with van der Waals surface area (Å²) in [4.78, 5) is 4.05. The first-order chi connectivity index (χ1) is 7.16. The topological polar surface area (TPSA) is 12.9 Å². The molecule has 0 N–H and O–H groups in total. The number of rotatable bonds is 1. The van der Waals surface area contributed by atoms with Crippen LogP contribution in [0.15, 0.2) is 30.5 Å². The first kappa shape index (κ1) is 12.9. The smallest absolute Gasteiger partial charge is 0.0408 e. The molecule has 0 atom stereocenters. The molecule has 0 fully saturated rings. The summed E-state index contributed by atoms with van der Waals surface area (Å²) in [5.41, 5.74) is 1.63. The SMILES string of the molecule is Cc1ccc(-c2[c-]cc(F)cc2F)nc1.[Ir]. The van der Waals surface area contributed by atoms with E-state index in [1.807, 2.05) is 13.0 Å². The van der Waals surface area contributed by atoms with Gasteiger partial charge in [-0.25, -0.2) is 0 Å². The van der Waals surface area contributed by atoms with Crippen molar-refractivity contribution in [1.29, 1.82) is 0 Å². The number of halogens is 2. The summed E-state index contributed by atoms with van der Waals surface area (Å²) in [5, 5.41) is 0. The van der Waals surface area contributed by atoms with Gasteiger partial charge in [0.05, 0.1) is 0 Å². The molecule has 0 spiro atoms. The van der Waals surface area contributed by atoms with Crippen LogP contribution in [0, 0.1) is 24.6 Å². The number of benzene rings is 1. The zero-order valence-electron chi connectivity index (χ0n) is 8.42. The largest absolute Gasteiger partial charge is 0.304 e. The van der Waals surface area contributed by atoms with Crippen LogP contribution in [0.4, 0.5) is 8.78 Å². The van der Waals surface area contributed by atoms with Gasteiger partial charge in [0, 0.05) is 37.9 Å². The van der Waals surface area contributed by atoms with Crippen molar-refractivity contribution in [3.63, 3.8) is 0 Å². The van der Waals surface area contributed by atoms with Crippen molar-refractivity contribution >= 4 is 0 Å². The van der Waals surface area contributed by atoms with Crippen LogP contribution in [-0.2, 0) is 20.1 Å². The van der Waals surface area contributed by atoms with E-state index in [1.54, 1.807) is 12.3 Å². The van der Waals surface area contributed by atoms with Crippen LogP contribution in [0.1, 0.15) is 5.56 Å². The zero-order chi connectivity index (χ0) is 10.8. The Morgan fingerprint density at radius 3 is 2.56 bits per heavy atom. The minimum atomic E-state index is -0.647. The molecule has 1 aromatic carbocycles. The van der Waals surface area contributed by atoms with Gasteiger partial charge < -0.3 is 4.98 Å². The van der Waals surface area contributed by atoms with Gasteiger partial charge >= 0.3 is 0 Å². The number of pyridine rings is 1. The fourth-order valence-corrected chi connectivity index (χ4v) is 1.26. The molecule has 0 aliphatic heterocycles. The fourth-order valence-electron chi connectivity index (χ4n) is 1.26. The summed E-state index contributed by atoms with van der Waals surface area (Å²) in [6, 6.07) is 7.95. The molecular weight excluding hydrogens is 388 g/mol. The molecule has 0 aliphatic carbocycles. The fraction of sp³-hybridized carbons (Fsp3) is 0.0833. The maximum Gasteiger partial charge on any atom is 0.0408 e. The van der Waals surface area contributed by atoms with Gasteiger partial charge in [-0.3, -0.25) is 8.78 Å². The van der Waals surface area contributed by atoms with Crippen molar-refractivity contribution in [2.24, 2.45) is 0 Å². The molecule has 0 bridgehead atoms. The number of aromatic nitrogens is 1. The van der Waals surface area contributed by atoms with Crippen molar-refractivity contribution in [1.82, 2.24) is 4.98 Å². The Balaban J connectivity index is 0.00000128. The third-order valence-corrected chi connectivity index (χ3v) is 2.03. The van der Waals surface area contributed by atoms with Crippen LogP contribution in [0.3, 0.4) is 0 Å². The van der Waals surface area contributed by atoms with Gasteiger partial charge in [-0.2, -0.15) is 0 Å². The third-order valence-electron chi connectivity index (χ3n) is 2.03. The predicted molar refractivity (Wildman–Crippen MR) is 53.2 cm³/mol. The number of aryl methyl sites for hydroxylation is 1. The van der Waals surface area contributed by atoms with Crippen molar-refractivity contribution in [2.75, 3.05) is 0 Å². The van der Waals surface area contributed by atoms with Gasteiger partial charge in [-0.1, -0.05) is 23.8 Å². The maximum absolute atomic E-state index is 13.3. The van der Waals surface area contributed by atoms with Crippen LogP contribution in [0.5, 0.6) is 0 Å². The van der Waals surface area contributed by atoms with Crippen molar-refractivity contribution < 1.29 is 28.9 Å². The van der Waals surface area contributed by atoms with E-state index in [0.717, 1.165) is 17.7 Å². The second-order valence-corrected chi connectivity index (χ2v) is 3.26. The van der Waals surface area contributed by atoms with Crippen LogP contribution in [0.25, 0.3) is 11.3 Å². The standard InChI is InChI=1S/C12H8F2N.Ir/c1-8-2-5-12(15-7-8)10-4-3-9(13)6-11(10)14;/h2-3,5-7H,1H3;/q-1;. The van der Waals surface area contributed by atoms with Crippen LogP contribution >= 0.6 is 0 Å². The third kappa shape index (κ3) is 2.71. The molecule has 1 heterocycles. The molecule has 2 aromatic rings. The summed E-state index contributed by atoms with van der Waals surface area (Å²) < 4.78 is 26.0. The molecule has 1 nitrogen and oxygen atoms in total. The molecule has 0 unspecified atom stereocenters. The average molecular weight is 396 g/mol. The summed E-state index contributed by atoms with van der Waals surface area (Å²) in [6.07, 6.45) is 1.63. The molecule has 1 aromatic heterocycles. The minimum absolute atomic E-state index is 0. The summed E-state index contributed by atoms with van der Waals surface area (Å²) in [6.45, 7) is 1.89. The molecule has 4 heteroatoms. The zero-order valence-corrected chi connectivity index (χ0v) is 10.8. The van der Waals surface area contributed by atoms with E-state index in [9.17, 15) is 8.78 Å². The normalized spacial score (nSPS) is 9.69. The Hall–Kier alpha value is -1.12. The quantitative estimate of drug-likeness (QED) is 0.675. The maximum atomic E-state index is 13.3. The van der Waals surface area contributed by atoms with Gasteiger partial charge in [-0.15, -0.1) is 12.1 Å². The van der Waals surface area contributed by atoms with Crippen LogP contribution in [0.2, 0.25) is 0 Å². The summed E-state index contributed by atoms with van der Waals surface area (Å²) in [7, 11) is 0. The van der Waals surface area contributed by atoms with Gasteiger partial charge in [0.1, 0.15) is 0 Å². The van der Waals surface area contributed by atoms with E-state index < -0.39 is 11.6 Å². The van der Waals surface area contributed by atoms with Gasteiger partial charge in [0.25, 0.3) is 0 Å². The van der Waals surface area contributed by atoms with Crippen molar-refractivity contribution in [3.8, 4) is 11.3 Å². The Morgan fingerprint density at radius 1 is 1.25 bits per heavy atom. The Morgan fingerprint density at radius 2 is 2.00 bits per heavy atom. The molecule has 85 valence electrons. The van der Waals surface area contributed by atoms with E-state index in [1.165, 1.54) is 0 Å². The number of hydrogen-bond donors (Lipinski definition) is 0. The van der Waals surface area contributed by atoms with E-state index >= 15 is 0 Å². The van der Waals surface area contributed by atoms with E-state index in [2.05, 4.69) is 11.1 Å². The monoisotopic (exact) mass is 397 g/mol. The van der Waals surface area contributed by atoms with Gasteiger partial charge in [0.15, 0.2) is 0 Å². The Bertz CT molecular complexity index is 483. The molecule has 0 aliphatic rings. The van der Waals surface area contributed by atoms with E-state index in [4.69, 9.17) is 0 Å². The molecular formula is C12H8F2IrN-. The van der Waals surface area contributed by atoms with E-state index in [0.29, 0.717) is 5.69 Å². The average Bonchev–Trinajstić information content (AvgIpc) is 2.20. The number of nitrogens with zero attached hydrogens (tertiary/aromatic N) is 1. The first-order valence-electron chi connectivity index (χ1n) is 4.46. The Labute approximate surface area is 106 Å². The van der Waals surface area contributed by atoms with Gasteiger partial charge in [0.2, 0.25) is 0 Å². The van der Waals surface area contributed by atoms with Gasteiger partial charge in [-0.05, 0) is 18.2 Å². The Kier molecular flexibility index (Phi) is 4.27. The number of hydrogen-bond acceptors (Lipinski definition) is 1. The van der Waals surface area contributed by atoms with Crippen LogP contribution < -0.4 is 0 Å². The predicted octanol–water partition coefficient (Wildman–Crippen LogP) is 3.13.